The van der Waals surface area contributed by atoms with Crippen LogP contribution in [0.3, 0.4) is 0 Å². The van der Waals surface area contributed by atoms with E-state index in [9.17, 15) is 0 Å². The minimum atomic E-state index is 0.696. The van der Waals surface area contributed by atoms with Crippen LogP contribution in [-0.4, -0.2) is 36.9 Å². The minimum absolute atomic E-state index is 0.696. The van der Waals surface area contributed by atoms with Crippen molar-refractivity contribution in [2.45, 2.75) is 18.5 Å². The van der Waals surface area contributed by atoms with E-state index < -0.39 is 0 Å². The van der Waals surface area contributed by atoms with Gasteiger partial charge in [0, 0.05) is 5.75 Å². The molecule has 18 heavy (non-hydrogen) atoms. The van der Waals surface area contributed by atoms with E-state index in [-0.39, 0.29) is 0 Å². The Bertz CT molecular complexity index is 525. The lowest BCUT2D eigenvalue weighted by Crippen LogP contribution is -2.00. The van der Waals surface area contributed by atoms with Gasteiger partial charge in [0.15, 0.2) is 0 Å². The largest absolute Gasteiger partial charge is 0.411 e. The maximum Gasteiger partial charge on any atom is 0.214 e. The fraction of sp³-hybridized carbons (Fsp3) is 0.273. The Kier molecular flexibility index (Phi) is 4.30. The fourth-order valence-corrected chi connectivity index (χ4v) is 2.28. The van der Waals surface area contributed by atoms with Crippen LogP contribution in [0.5, 0.6) is 0 Å². The van der Waals surface area contributed by atoms with Gasteiger partial charge in [0.2, 0.25) is 5.16 Å². The van der Waals surface area contributed by atoms with Gasteiger partial charge in [0.1, 0.15) is 0 Å². The maximum atomic E-state index is 8.56. The summed E-state index contributed by atoms with van der Waals surface area (Å²) in [4.78, 5) is 0. The highest BCUT2D eigenvalue weighted by atomic mass is 32.2. The summed E-state index contributed by atoms with van der Waals surface area (Å²) in [6.07, 6.45) is 0.697. The summed E-state index contributed by atoms with van der Waals surface area (Å²) in [5, 5.41) is 24.0. The van der Waals surface area contributed by atoms with Crippen molar-refractivity contribution in [3.05, 3.63) is 30.3 Å². The summed E-state index contributed by atoms with van der Waals surface area (Å²) < 4.78 is 1.69. The van der Waals surface area contributed by atoms with E-state index in [0.717, 1.165) is 16.6 Å². The van der Waals surface area contributed by atoms with Gasteiger partial charge in [-0.05, 0) is 35.9 Å². The smallest absolute Gasteiger partial charge is 0.214 e. The van der Waals surface area contributed by atoms with Crippen molar-refractivity contribution in [2.75, 3.05) is 5.75 Å². The van der Waals surface area contributed by atoms with E-state index >= 15 is 0 Å². The van der Waals surface area contributed by atoms with Crippen LogP contribution in [0.25, 0.3) is 5.69 Å². The standard InChI is InChI=1S/C11H13N5OS/c1-9(13-17)7-8-18-11-12-14-15-16(11)10-5-3-2-4-6-10/h2-6,17H,7-8H2,1H3/b13-9+. The molecule has 1 aromatic heterocycles. The lowest BCUT2D eigenvalue weighted by atomic mass is 10.3. The molecule has 6 nitrogen and oxygen atoms in total. The molecule has 0 spiro atoms. The lowest BCUT2D eigenvalue weighted by molar-refractivity contribution is 0.317. The molecule has 7 heteroatoms. The molecule has 1 N–H and O–H groups in total. The van der Waals surface area contributed by atoms with Gasteiger partial charge < -0.3 is 5.21 Å². The number of nitrogens with zero attached hydrogens (tertiary/aromatic N) is 5. The second kappa shape index (κ2) is 6.15. The van der Waals surface area contributed by atoms with E-state index in [1.54, 1.807) is 11.6 Å². The third-order valence-corrected chi connectivity index (χ3v) is 3.23. The number of benzene rings is 1. The molecule has 0 aliphatic rings. The number of para-hydroxylation sites is 1. The Morgan fingerprint density at radius 2 is 2.17 bits per heavy atom. The van der Waals surface area contributed by atoms with Crippen molar-refractivity contribution in [2.24, 2.45) is 5.16 Å². The Hall–Kier alpha value is -1.89. The zero-order valence-corrected chi connectivity index (χ0v) is 10.7. The number of aromatic nitrogens is 4. The first kappa shape index (κ1) is 12.6. The van der Waals surface area contributed by atoms with Crippen LogP contribution < -0.4 is 0 Å². The zero-order chi connectivity index (χ0) is 12.8. The average Bonchev–Trinajstić information content (AvgIpc) is 2.88. The molecule has 2 rings (SSSR count). The molecule has 0 saturated carbocycles. The molecular formula is C11H13N5OS. The Labute approximate surface area is 109 Å². The molecule has 0 radical (unpaired) electrons. The number of rotatable bonds is 5. The van der Waals surface area contributed by atoms with Crippen LogP contribution in [0, 0.1) is 0 Å². The molecule has 0 unspecified atom stereocenters. The van der Waals surface area contributed by atoms with Crippen LogP contribution in [0.1, 0.15) is 13.3 Å². The third kappa shape index (κ3) is 3.07. The van der Waals surface area contributed by atoms with Gasteiger partial charge in [-0.2, -0.15) is 4.68 Å². The highest BCUT2D eigenvalue weighted by molar-refractivity contribution is 7.99. The van der Waals surface area contributed by atoms with Crippen molar-refractivity contribution in [1.29, 1.82) is 0 Å². The first-order valence-electron chi connectivity index (χ1n) is 5.45. The van der Waals surface area contributed by atoms with E-state index in [1.807, 2.05) is 30.3 Å². The molecule has 0 atom stereocenters. The number of oxime groups is 1. The lowest BCUT2D eigenvalue weighted by Gasteiger charge is -2.03. The summed E-state index contributed by atoms with van der Waals surface area (Å²) in [7, 11) is 0. The molecule has 0 bridgehead atoms. The molecule has 1 heterocycles. The predicted molar refractivity (Wildman–Crippen MR) is 69.4 cm³/mol. The predicted octanol–water partition coefficient (Wildman–Crippen LogP) is 1.99. The van der Waals surface area contributed by atoms with Crippen molar-refractivity contribution in [3.63, 3.8) is 0 Å². The van der Waals surface area contributed by atoms with Crippen LogP contribution in [-0.2, 0) is 0 Å². The van der Waals surface area contributed by atoms with Crippen LogP contribution in [0.2, 0.25) is 0 Å². The normalized spacial score (nSPS) is 11.7. The van der Waals surface area contributed by atoms with Crippen LogP contribution in [0.4, 0.5) is 0 Å². The Morgan fingerprint density at radius 3 is 2.89 bits per heavy atom. The molecule has 0 saturated heterocycles. The number of thioether (sulfide) groups is 1. The minimum Gasteiger partial charge on any atom is -0.411 e. The maximum absolute atomic E-state index is 8.56. The highest BCUT2D eigenvalue weighted by Gasteiger charge is 2.08. The second-order valence-electron chi connectivity index (χ2n) is 3.64. The van der Waals surface area contributed by atoms with E-state index in [4.69, 9.17) is 5.21 Å². The van der Waals surface area contributed by atoms with Crippen molar-refractivity contribution < 1.29 is 5.21 Å². The SMILES string of the molecule is C/C(CCSc1nnnn1-c1ccccc1)=N\O. The van der Waals surface area contributed by atoms with Crippen molar-refractivity contribution >= 4 is 17.5 Å². The van der Waals surface area contributed by atoms with Gasteiger partial charge in [-0.1, -0.05) is 35.1 Å². The quantitative estimate of drug-likeness (QED) is 0.386. The molecule has 0 aliphatic carbocycles. The molecule has 0 fully saturated rings. The van der Waals surface area contributed by atoms with Crippen LogP contribution >= 0.6 is 11.8 Å². The van der Waals surface area contributed by atoms with Crippen LogP contribution in [0.15, 0.2) is 40.6 Å². The van der Waals surface area contributed by atoms with E-state index in [0.29, 0.717) is 12.1 Å². The molecular weight excluding hydrogens is 250 g/mol. The average molecular weight is 263 g/mol. The van der Waals surface area contributed by atoms with Gasteiger partial charge in [0.25, 0.3) is 0 Å². The summed E-state index contributed by atoms with van der Waals surface area (Å²) in [5.41, 5.74) is 1.62. The van der Waals surface area contributed by atoms with Gasteiger partial charge in [0.05, 0.1) is 11.4 Å². The number of hydrogen-bond acceptors (Lipinski definition) is 6. The molecule has 2 aromatic rings. The molecule has 0 aliphatic heterocycles. The summed E-state index contributed by atoms with van der Waals surface area (Å²) in [5.74, 6) is 0.767. The fourth-order valence-electron chi connectivity index (χ4n) is 1.34. The number of hydrogen-bond donors (Lipinski definition) is 1. The van der Waals surface area contributed by atoms with E-state index in [2.05, 4.69) is 20.7 Å². The van der Waals surface area contributed by atoms with Crippen molar-refractivity contribution in [3.8, 4) is 5.69 Å². The second-order valence-corrected chi connectivity index (χ2v) is 4.70. The third-order valence-electron chi connectivity index (χ3n) is 2.31. The van der Waals surface area contributed by atoms with E-state index in [1.165, 1.54) is 11.8 Å². The summed E-state index contributed by atoms with van der Waals surface area (Å²) >= 11 is 1.53. The first-order valence-corrected chi connectivity index (χ1v) is 6.44. The molecule has 1 aromatic carbocycles. The van der Waals surface area contributed by atoms with Gasteiger partial charge in [-0.15, -0.1) is 5.10 Å². The topological polar surface area (TPSA) is 76.2 Å². The number of tetrazole rings is 1. The Balaban J connectivity index is 2.05. The van der Waals surface area contributed by atoms with Crippen molar-refractivity contribution in [1.82, 2.24) is 20.2 Å². The van der Waals surface area contributed by atoms with Gasteiger partial charge in [-0.25, -0.2) is 0 Å². The van der Waals surface area contributed by atoms with Gasteiger partial charge in [-0.3, -0.25) is 0 Å². The highest BCUT2D eigenvalue weighted by Crippen LogP contribution is 2.18. The molecule has 0 amide bonds. The summed E-state index contributed by atoms with van der Waals surface area (Å²) in [6, 6.07) is 9.71. The first-order chi connectivity index (χ1) is 8.81. The van der Waals surface area contributed by atoms with Gasteiger partial charge >= 0.3 is 0 Å². The summed E-state index contributed by atoms with van der Waals surface area (Å²) in [6.45, 7) is 1.78. The molecule has 94 valence electrons. The zero-order valence-electron chi connectivity index (χ0n) is 9.89. The monoisotopic (exact) mass is 263 g/mol. The Morgan fingerprint density at radius 1 is 1.39 bits per heavy atom.